The second-order valence-electron chi connectivity index (χ2n) is 2.84. The van der Waals surface area contributed by atoms with Crippen LogP contribution in [0.5, 0.6) is 0 Å². The Hall–Kier alpha value is -0.200. The lowest BCUT2D eigenvalue weighted by atomic mass is 10.0. The minimum absolute atomic E-state index is 0.177. The zero-order valence-corrected chi connectivity index (χ0v) is 6.88. The summed E-state index contributed by atoms with van der Waals surface area (Å²) in [4.78, 5) is 0. The lowest BCUT2D eigenvalue weighted by molar-refractivity contribution is -0.262. The van der Waals surface area contributed by atoms with Crippen molar-refractivity contribution in [1.29, 1.82) is 0 Å². The third kappa shape index (κ3) is 1.94. The van der Waals surface area contributed by atoms with Crippen LogP contribution in [0.25, 0.3) is 0 Å². The fraction of sp³-hybridized carbons (Fsp3) is 1.00. The van der Waals surface area contributed by atoms with Gasteiger partial charge >= 0.3 is 0 Å². The van der Waals surface area contributed by atoms with Crippen LogP contribution in [0.4, 0.5) is 0 Å². The summed E-state index contributed by atoms with van der Waals surface area (Å²) in [5.74, 6) is 0. The van der Waals surface area contributed by atoms with Crippen molar-refractivity contribution in [3.8, 4) is 0 Å². The maximum atomic E-state index is 9.27. The van der Waals surface area contributed by atoms with E-state index in [0.29, 0.717) is 0 Å². The van der Waals surface area contributed by atoms with Crippen molar-refractivity contribution in [2.24, 2.45) is 0 Å². The van der Waals surface area contributed by atoms with Crippen molar-refractivity contribution in [2.45, 2.75) is 31.0 Å². The Morgan fingerprint density at radius 2 is 2.17 bits per heavy atom. The molecule has 0 spiro atoms. The van der Waals surface area contributed by atoms with Gasteiger partial charge in [0.1, 0.15) is 6.10 Å². The van der Waals surface area contributed by atoms with Gasteiger partial charge in [-0.2, -0.15) is 0 Å². The monoisotopic (exact) mass is 178 g/mol. The molecular weight excluding hydrogens is 164 g/mol. The molecule has 1 heterocycles. The summed E-state index contributed by atoms with van der Waals surface area (Å²) in [6.07, 6.45) is -2.98. The molecule has 1 unspecified atom stereocenters. The molecule has 0 saturated carbocycles. The van der Waals surface area contributed by atoms with E-state index in [4.69, 9.17) is 14.6 Å². The van der Waals surface area contributed by atoms with Crippen LogP contribution in [0.2, 0.25) is 0 Å². The number of aliphatic hydroxyl groups is 3. The predicted octanol–water partition coefficient (Wildman–Crippen LogP) is -1.54. The summed E-state index contributed by atoms with van der Waals surface area (Å²) in [6, 6.07) is 0. The minimum atomic E-state index is -1.03. The van der Waals surface area contributed by atoms with E-state index in [1.807, 2.05) is 0 Å². The Balaban J connectivity index is 2.52. The Kier molecular flexibility index (Phi) is 3.42. The molecule has 1 aliphatic heterocycles. The number of hydrogen-bond acceptors (Lipinski definition) is 5. The third-order valence-corrected chi connectivity index (χ3v) is 1.94. The van der Waals surface area contributed by atoms with Crippen LogP contribution in [-0.4, -0.2) is 53.6 Å². The Morgan fingerprint density at radius 3 is 2.67 bits per heavy atom. The molecule has 0 bridgehead atoms. The zero-order chi connectivity index (χ0) is 9.14. The van der Waals surface area contributed by atoms with Gasteiger partial charge in [-0.05, 0) is 0 Å². The van der Waals surface area contributed by atoms with E-state index in [-0.39, 0.29) is 13.0 Å². The standard InChI is InChI=1S/C7H14O5/c1-11-7-6(10)5(9)2-4(3-8)12-7/h4-10H,2-3H2,1H3/t4?,5-,6+,7+/m1/s1. The van der Waals surface area contributed by atoms with Crippen molar-refractivity contribution in [1.82, 2.24) is 0 Å². The number of rotatable bonds is 2. The van der Waals surface area contributed by atoms with Gasteiger partial charge in [-0.25, -0.2) is 0 Å². The van der Waals surface area contributed by atoms with Gasteiger partial charge in [-0.1, -0.05) is 0 Å². The fourth-order valence-electron chi connectivity index (χ4n) is 1.23. The first-order chi connectivity index (χ1) is 5.69. The lowest BCUT2D eigenvalue weighted by Crippen LogP contribution is -2.49. The van der Waals surface area contributed by atoms with Crippen LogP contribution in [0, 0.1) is 0 Å². The van der Waals surface area contributed by atoms with Gasteiger partial charge in [-0.15, -0.1) is 0 Å². The van der Waals surface area contributed by atoms with E-state index < -0.39 is 24.6 Å². The number of aliphatic hydroxyl groups excluding tert-OH is 3. The molecule has 12 heavy (non-hydrogen) atoms. The molecule has 1 fully saturated rings. The smallest absolute Gasteiger partial charge is 0.186 e. The molecule has 0 amide bonds. The highest BCUT2D eigenvalue weighted by molar-refractivity contribution is 4.80. The molecule has 4 atom stereocenters. The second kappa shape index (κ2) is 4.15. The van der Waals surface area contributed by atoms with Gasteiger partial charge in [0.25, 0.3) is 0 Å². The van der Waals surface area contributed by atoms with Crippen LogP contribution in [0.3, 0.4) is 0 Å². The highest BCUT2D eigenvalue weighted by Crippen LogP contribution is 2.20. The van der Waals surface area contributed by atoms with Crippen LogP contribution >= 0.6 is 0 Å². The third-order valence-electron chi connectivity index (χ3n) is 1.94. The van der Waals surface area contributed by atoms with Crippen LogP contribution in [-0.2, 0) is 9.47 Å². The Bertz CT molecular complexity index is 140. The van der Waals surface area contributed by atoms with Gasteiger partial charge in [0, 0.05) is 13.5 Å². The van der Waals surface area contributed by atoms with Gasteiger partial charge in [0.2, 0.25) is 0 Å². The molecule has 0 aliphatic carbocycles. The van der Waals surface area contributed by atoms with E-state index in [1.54, 1.807) is 0 Å². The highest BCUT2D eigenvalue weighted by atomic mass is 16.7. The molecule has 0 aromatic heterocycles. The molecule has 1 saturated heterocycles. The van der Waals surface area contributed by atoms with E-state index in [9.17, 15) is 10.2 Å². The van der Waals surface area contributed by atoms with Gasteiger partial charge in [-0.3, -0.25) is 0 Å². The average molecular weight is 178 g/mol. The SMILES string of the molecule is CO[C@H]1OC(CO)C[C@@H](O)[C@@H]1O. The fourth-order valence-corrected chi connectivity index (χ4v) is 1.23. The second-order valence-corrected chi connectivity index (χ2v) is 2.84. The first-order valence-electron chi connectivity index (χ1n) is 3.84. The first-order valence-corrected chi connectivity index (χ1v) is 3.84. The van der Waals surface area contributed by atoms with Crippen molar-refractivity contribution in [3.63, 3.8) is 0 Å². The van der Waals surface area contributed by atoms with Gasteiger partial charge < -0.3 is 24.8 Å². The molecule has 72 valence electrons. The quantitative estimate of drug-likeness (QED) is 0.477. The molecule has 5 nitrogen and oxygen atoms in total. The van der Waals surface area contributed by atoms with E-state index >= 15 is 0 Å². The van der Waals surface area contributed by atoms with Crippen LogP contribution in [0.15, 0.2) is 0 Å². The normalized spacial score (nSPS) is 43.0. The summed E-state index contributed by atoms with van der Waals surface area (Å²) < 4.78 is 9.85. The number of hydrogen-bond donors (Lipinski definition) is 3. The summed E-state index contributed by atoms with van der Waals surface area (Å²) >= 11 is 0. The summed E-state index contributed by atoms with van der Waals surface area (Å²) in [7, 11) is 1.38. The molecular formula is C7H14O5. The van der Waals surface area contributed by atoms with Gasteiger partial charge in [0.05, 0.1) is 18.8 Å². The Labute approximate surface area is 70.5 Å². The van der Waals surface area contributed by atoms with Crippen molar-refractivity contribution >= 4 is 0 Å². The molecule has 1 aliphatic rings. The molecule has 3 N–H and O–H groups in total. The van der Waals surface area contributed by atoms with Crippen molar-refractivity contribution < 1.29 is 24.8 Å². The van der Waals surface area contributed by atoms with E-state index in [2.05, 4.69) is 0 Å². The predicted molar refractivity (Wildman–Crippen MR) is 39.4 cm³/mol. The summed E-state index contributed by atoms with van der Waals surface area (Å²) in [5, 5.41) is 27.3. The summed E-state index contributed by atoms with van der Waals surface area (Å²) in [6.45, 7) is -0.177. The van der Waals surface area contributed by atoms with Crippen molar-refractivity contribution in [2.75, 3.05) is 13.7 Å². The van der Waals surface area contributed by atoms with Crippen molar-refractivity contribution in [3.05, 3.63) is 0 Å². The molecule has 0 aromatic carbocycles. The largest absolute Gasteiger partial charge is 0.394 e. The maximum Gasteiger partial charge on any atom is 0.186 e. The Morgan fingerprint density at radius 1 is 1.50 bits per heavy atom. The summed E-state index contributed by atoms with van der Waals surface area (Å²) in [5.41, 5.74) is 0. The van der Waals surface area contributed by atoms with Gasteiger partial charge in [0.15, 0.2) is 6.29 Å². The first kappa shape index (κ1) is 9.88. The molecule has 5 heteroatoms. The van der Waals surface area contributed by atoms with Crippen LogP contribution < -0.4 is 0 Å². The highest BCUT2D eigenvalue weighted by Gasteiger charge is 2.36. The molecule has 0 radical (unpaired) electrons. The van der Waals surface area contributed by atoms with Crippen LogP contribution in [0.1, 0.15) is 6.42 Å². The molecule has 1 rings (SSSR count). The van der Waals surface area contributed by atoms with E-state index in [1.165, 1.54) is 7.11 Å². The minimum Gasteiger partial charge on any atom is -0.394 e. The average Bonchev–Trinajstić information content (AvgIpc) is 2.09. The van der Waals surface area contributed by atoms with E-state index in [0.717, 1.165) is 0 Å². The topological polar surface area (TPSA) is 79.2 Å². The number of ether oxygens (including phenoxy) is 2. The molecule has 0 aromatic rings. The zero-order valence-electron chi connectivity index (χ0n) is 6.88. The lowest BCUT2D eigenvalue weighted by Gasteiger charge is -2.35. The number of methoxy groups -OCH3 is 1. The maximum absolute atomic E-state index is 9.27.